The fourth-order valence-electron chi connectivity index (χ4n) is 3.86. The van der Waals surface area contributed by atoms with E-state index in [2.05, 4.69) is 21.9 Å². The van der Waals surface area contributed by atoms with Crippen molar-refractivity contribution in [2.75, 3.05) is 52.4 Å². The molecule has 0 aliphatic carbocycles. The van der Waals surface area contributed by atoms with E-state index in [0.717, 1.165) is 57.7 Å². The molecule has 0 atom stereocenters. The lowest BCUT2D eigenvalue weighted by Gasteiger charge is -2.22. The molecule has 6 nitrogen and oxygen atoms in total. The second kappa shape index (κ2) is 9.34. The van der Waals surface area contributed by atoms with Crippen LogP contribution in [0.4, 0.5) is 0 Å². The molecule has 3 rings (SSSR count). The first kappa shape index (κ1) is 18.4. The SMILES string of the molecule is CCCc1cc(C(=O)N2CCCN(CCCN3CCCC3)CC2)no1. The van der Waals surface area contributed by atoms with Gasteiger partial charge in [0, 0.05) is 32.1 Å². The largest absolute Gasteiger partial charge is 0.361 e. The van der Waals surface area contributed by atoms with Gasteiger partial charge in [-0.05, 0) is 64.8 Å². The zero-order valence-electron chi connectivity index (χ0n) is 15.6. The second-order valence-corrected chi connectivity index (χ2v) is 7.32. The number of rotatable bonds is 7. The molecular weight excluding hydrogens is 316 g/mol. The van der Waals surface area contributed by atoms with Crippen molar-refractivity contribution in [1.82, 2.24) is 19.9 Å². The van der Waals surface area contributed by atoms with E-state index in [1.165, 1.54) is 38.9 Å². The van der Waals surface area contributed by atoms with Crippen LogP contribution in [0.1, 0.15) is 55.3 Å². The molecule has 0 saturated carbocycles. The smallest absolute Gasteiger partial charge is 0.276 e. The van der Waals surface area contributed by atoms with Crippen molar-refractivity contribution < 1.29 is 9.32 Å². The van der Waals surface area contributed by atoms with E-state index in [1.807, 2.05) is 11.0 Å². The van der Waals surface area contributed by atoms with Crippen LogP contribution in [0.25, 0.3) is 0 Å². The first-order valence-electron chi connectivity index (χ1n) is 9.96. The standard InChI is InChI=1S/C19H32N4O2/c1-2-7-17-16-18(20-25-17)19(24)23-13-6-12-22(14-15-23)11-5-10-21-8-3-4-9-21/h16H,2-15H2,1H3. The van der Waals surface area contributed by atoms with E-state index in [9.17, 15) is 4.79 Å². The Morgan fingerprint density at radius 1 is 1.04 bits per heavy atom. The topological polar surface area (TPSA) is 52.8 Å². The molecule has 6 heteroatoms. The summed E-state index contributed by atoms with van der Waals surface area (Å²) < 4.78 is 5.26. The number of likely N-dealkylation sites (tertiary alicyclic amines) is 1. The lowest BCUT2D eigenvalue weighted by Crippen LogP contribution is -2.36. The predicted molar refractivity (Wildman–Crippen MR) is 97.7 cm³/mol. The number of amides is 1. The van der Waals surface area contributed by atoms with Crippen LogP contribution < -0.4 is 0 Å². The van der Waals surface area contributed by atoms with Gasteiger partial charge in [0.1, 0.15) is 5.76 Å². The Balaban J connectivity index is 1.43. The highest BCUT2D eigenvalue weighted by atomic mass is 16.5. The Morgan fingerprint density at radius 2 is 1.76 bits per heavy atom. The lowest BCUT2D eigenvalue weighted by atomic mass is 10.2. The third kappa shape index (κ3) is 5.28. The normalized spacial score (nSPS) is 20.1. The van der Waals surface area contributed by atoms with Gasteiger partial charge in [-0.25, -0.2) is 0 Å². The van der Waals surface area contributed by atoms with Gasteiger partial charge < -0.3 is 19.2 Å². The van der Waals surface area contributed by atoms with Crippen molar-refractivity contribution in [3.8, 4) is 0 Å². The number of hydrogen-bond donors (Lipinski definition) is 0. The average Bonchev–Trinajstić information content (AvgIpc) is 3.24. The van der Waals surface area contributed by atoms with Crippen LogP contribution in [0.2, 0.25) is 0 Å². The van der Waals surface area contributed by atoms with Gasteiger partial charge in [-0.1, -0.05) is 12.1 Å². The Hall–Kier alpha value is -1.40. The number of hydrogen-bond acceptors (Lipinski definition) is 5. The minimum atomic E-state index is 0.0185. The molecule has 1 amide bonds. The molecule has 0 unspecified atom stereocenters. The summed E-state index contributed by atoms with van der Waals surface area (Å²) in [6.45, 7) is 10.7. The summed E-state index contributed by atoms with van der Waals surface area (Å²) in [6.07, 6.45) is 6.84. The highest BCUT2D eigenvalue weighted by Gasteiger charge is 2.23. The third-order valence-electron chi connectivity index (χ3n) is 5.30. The summed E-state index contributed by atoms with van der Waals surface area (Å²) in [7, 11) is 0. The Bertz CT molecular complexity index is 539. The maximum absolute atomic E-state index is 12.6. The fraction of sp³-hybridized carbons (Fsp3) is 0.789. The van der Waals surface area contributed by atoms with Gasteiger partial charge in [0.25, 0.3) is 5.91 Å². The van der Waals surface area contributed by atoms with Crippen molar-refractivity contribution in [3.05, 3.63) is 17.5 Å². The molecule has 0 radical (unpaired) electrons. The second-order valence-electron chi connectivity index (χ2n) is 7.32. The summed E-state index contributed by atoms with van der Waals surface area (Å²) in [6, 6.07) is 1.81. The van der Waals surface area contributed by atoms with Gasteiger partial charge in [-0.3, -0.25) is 4.79 Å². The van der Waals surface area contributed by atoms with E-state index in [1.54, 1.807) is 0 Å². The van der Waals surface area contributed by atoms with E-state index < -0.39 is 0 Å². The Labute approximate surface area is 151 Å². The van der Waals surface area contributed by atoms with Crippen molar-refractivity contribution in [2.24, 2.45) is 0 Å². The molecule has 2 aliphatic heterocycles. The molecule has 2 aliphatic rings. The van der Waals surface area contributed by atoms with E-state index in [0.29, 0.717) is 5.69 Å². The highest BCUT2D eigenvalue weighted by Crippen LogP contribution is 2.12. The minimum absolute atomic E-state index is 0.0185. The van der Waals surface area contributed by atoms with Gasteiger partial charge in [0.15, 0.2) is 5.69 Å². The Kier molecular flexibility index (Phi) is 6.87. The number of carbonyl (C=O) groups is 1. The summed E-state index contributed by atoms with van der Waals surface area (Å²) in [5, 5.41) is 3.97. The molecule has 140 valence electrons. The molecule has 1 aromatic rings. The first-order valence-corrected chi connectivity index (χ1v) is 9.96. The average molecular weight is 348 g/mol. The van der Waals surface area contributed by atoms with Gasteiger partial charge in [-0.2, -0.15) is 0 Å². The Morgan fingerprint density at radius 3 is 2.52 bits per heavy atom. The molecule has 0 N–H and O–H groups in total. The van der Waals surface area contributed by atoms with Crippen molar-refractivity contribution in [2.45, 2.75) is 45.4 Å². The molecule has 2 fully saturated rings. The van der Waals surface area contributed by atoms with Crippen molar-refractivity contribution >= 4 is 5.91 Å². The van der Waals surface area contributed by atoms with Crippen LogP contribution in [-0.2, 0) is 6.42 Å². The van der Waals surface area contributed by atoms with E-state index >= 15 is 0 Å². The number of nitrogens with zero attached hydrogens (tertiary/aromatic N) is 4. The van der Waals surface area contributed by atoms with Crippen LogP contribution in [-0.4, -0.2) is 78.1 Å². The van der Waals surface area contributed by atoms with Crippen molar-refractivity contribution in [1.29, 1.82) is 0 Å². The van der Waals surface area contributed by atoms with Crippen LogP contribution in [0, 0.1) is 0 Å². The number of aromatic nitrogens is 1. The predicted octanol–water partition coefficient (Wildman–Crippen LogP) is 2.26. The number of aryl methyl sites for hydroxylation is 1. The molecule has 2 saturated heterocycles. The monoisotopic (exact) mass is 348 g/mol. The summed E-state index contributed by atoms with van der Waals surface area (Å²) in [5.74, 6) is 0.828. The van der Waals surface area contributed by atoms with Crippen LogP contribution in [0.15, 0.2) is 10.6 Å². The van der Waals surface area contributed by atoms with Crippen LogP contribution in [0.5, 0.6) is 0 Å². The van der Waals surface area contributed by atoms with Gasteiger partial charge >= 0.3 is 0 Å². The highest BCUT2D eigenvalue weighted by molar-refractivity contribution is 5.92. The third-order valence-corrected chi connectivity index (χ3v) is 5.30. The van der Waals surface area contributed by atoms with Crippen LogP contribution >= 0.6 is 0 Å². The van der Waals surface area contributed by atoms with Gasteiger partial charge in [0.05, 0.1) is 0 Å². The summed E-state index contributed by atoms with van der Waals surface area (Å²) in [5.41, 5.74) is 0.464. The number of carbonyl (C=O) groups excluding carboxylic acids is 1. The van der Waals surface area contributed by atoms with E-state index in [4.69, 9.17) is 4.52 Å². The van der Waals surface area contributed by atoms with Gasteiger partial charge in [-0.15, -0.1) is 0 Å². The molecule has 1 aromatic heterocycles. The zero-order chi connectivity index (χ0) is 17.5. The minimum Gasteiger partial charge on any atom is -0.361 e. The summed E-state index contributed by atoms with van der Waals surface area (Å²) in [4.78, 5) is 19.7. The van der Waals surface area contributed by atoms with Crippen LogP contribution in [0.3, 0.4) is 0 Å². The quantitative estimate of drug-likeness (QED) is 0.756. The fourth-order valence-corrected chi connectivity index (χ4v) is 3.86. The zero-order valence-corrected chi connectivity index (χ0v) is 15.6. The molecule has 0 bridgehead atoms. The molecule has 25 heavy (non-hydrogen) atoms. The molecular formula is C19H32N4O2. The molecule has 0 spiro atoms. The van der Waals surface area contributed by atoms with E-state index in [-0.39, 0.29) is 5.91 Å². The first-order chi connectivity index (χ1) is 12.3. The van der Waals surface area contributed by atoms with Gasteiger partial charge in [0.2, 0.25) is 0 Å². The molecule has 3 heterocycles. The molecule has 0 aromatic carbocycles. The lowest BCUT2D eigenvalue weighted by molar-refractivity contribution is 0.0750. The summed E-state index contributed by atoms with van der Waals surface area (Å²) >= 11 is 0. The maximum Gasteiger partial charge on any atom is 0.276 e. The maximum atomic E-state index is 12.6. The van der Waals surface area contributed by atoms with Crippen molar-refractivity contribution in [3.63, 3.8) is 0 Å².